The third kappa shape index (κ3) is 4.88. The Bertz CT molecular complexity index is 414. The molecule has 4 heteroatoms. The Morgan fingerprint density at radius 2 is 1.82 bits per heavy atom. The van der Waals surface area contributed by atoms with Crippen LogP contribution in [0.25, 0.3) is 0 Å². The molecule has 0 heterocycles. The van der Waals surface area contributed by atoms with E-state index in [2.05, 4.69) is 24.4 Å². The van der Waals surface area contributed by atoms with E-state index in [0.717, 1.165) is 6.42 Å². The van der Waals surface area contributed by atoms with Crippen LogP contribution in [0.5, 0.6) is 0 Å². The summed E-state index contributed by atoms with van der Waals surface area (Å²) in [7, 11) is -2.87. The monoisotopic (exact) mass is 255 g/mol. The van der Waals surface area contributed by atoms with Crippen molar-refractivity contribution in [2.75, 3.05) is 18.1 Å². The molecule has 96 valence electrons. The second-order valence-corrected chi connectivity index (χ2v) is 6.53. The molecule has 1 unspecified atom stereocenters. The Morgan fingerprint density at radius 1 is 1.18 bits per heavy atom. The second-order valence-electron chi connectivity index (χ2n) is 4.06. The Balaban J connectivity index is 2.50. The summed E-state index contributed by atoms with van der Waals surface area (Å²) < 4.78 is 22.7. The molecule has 0 bridgehead atoms. The molecule has 17 heavy (non-hydrogen) atoms. The normalized spacial score (nSPS) is 13.5. The first-order chi connectivity index (χ1) is 8.09. The molecule has 0 amide bonds. The highest BCUT2D eigenvalue weighted by molar-refractivity contribution is 7.91. The number of hydrogen-bond donors (Lipinski definition) is 1. The van der Waals surface area contributed by atoms with Crippen LogP contribution in [0, 0.1) is 0 Å². The maximum Gasteiger partial charge on any atom is 0.151 e. The average Bonchev–Trinajstić information content (AvgIpc) is 2.36. The summed E-state index contributed by atoms with van der Waals surface area (Å²) in [6.45, 7) is 4.30. The lowest BCUT2D eigenvalue weighted by molar-refractivity contribution is 0.531. The van der Waals surface area contributed by atoms with Crippen molar-refractivity contribution in [3.63, 3.8) is 0 Å². The lowest BCUT2D eigenvalue weighted by atomic mass is 10.1. The Morgan fingerprint density at radius 3 is 2.35 bits per heavy atom. The maximum absolute atomic E-state index is 11.4. The van der Waals surface area contributed by atoms with Gasteiger partial charge in [-0.25, -0.2) is 8.42 Å². The van der Waals surface area contributed by atoms with Crippen LogP contribution in [0.15, 0.2) is 30.3 Å². The largest absolute Gasteiger partial charge is 0.309 e. The van der Waals surface area contributed by atoms with Crippen molar-refractivity contribution >= 4 is 9.84 Å². The molecule has 0 fully saturated rings. The number of rotatable bonds is 7. The lowest BCUT2D eigenvalue weighted by Gasteiger charge is -2.17. The van der Waals surface area contributed by atoms with Gasteiger partial charge in [-0.15, -0.1) is 0 Å². The Kier molecular flexibility index (Phi) is 5.65. The molecule has 0 saturated carbocycles. The van der Waals surface area contributed by atoms with Gasteiger partial charge >= 0.3 is 0 Å². The minimum Gasteiger partial charge on any atom is -0.309 e. The van der Waals surface area contributed by atoms with Crippen LogP contribution < -0.4 is 5.32 Å². The Hall–Kier alpha value is -0.870. The lowest BCUT2D eigenvalue weighted by Crippen LogP contribution is -2.27. The van der Waals surface area contributed by atoms with Gasteiger partial charge in [-0.2, -0.15) is 0 Å². The number of hydrogen-bond acceptors (Lipinski definition) is 3. The molecule has 1 N–H and O–H groups in total. The number of sulfone groups is 1. The van der Waals surface area contributed by atoms with Crippen molar-refractivity contribution in [1.82, 2.24) is 5.32 Å². The summed E-state index contributed by atoms with van der Waals surface area (Å²) in [5, 5.41) is 3.30. The van der Waals surface area contributed by atoms with Crippen molar-refractivity contribution in [3.8, 4) is 0 Å². The van der Waals surface area contributed by atoms with Gasteiger partial charge in [0.05, 0.1) is 5.75 Å². The number of nitrogens with one attached hydrogen (secondary N) is 1. The first-order valence-corrected chi connectivity index (χ1v) is 7.90. The van der Waals surface area contributed by atoms with E-state index >= 15 is 0 Å². The van der Waals surface area contributed by atoms with Gasteiger partial charge in [0.15, 0.2) is 9.84 Å². The van der Waals surface area contributed by atoms with E-state index in [9.17, 15) is 8.42 Å². The van der Waals surface area contributed by atoms with Crippen LogP contribution in [-0.2, 0) is 9.84 Å². The van der Waals surface area contributed by atoms with Crippen molar-refractivity contribution in [2.24, 2.45) is 0 Å². The molecule has 0 aliphatic rings. The van der Waals surface area contributed by atoms with Gasteiger partial charge in [-0.1, -0.05) is 44.2 Å². The molecular weight excluding hydrogens is 234 g/mol. The van der Waals surface area contributed by atoms with Gasteiger partial charge in [0.1, 0.15) is 0 Å². The summed E-state index contributed by atoms with van der Waals surface area (Å²) >= 11 is 0. The standard InChI is InChI=1S/C13H21NO2S/c1-3-13(12-8-6-5-7-9-12)14-10-11-17(15,16)4-2/h5-9,13-14H,3-4,10-11H2,1-2H3. The molecular formula is C13H21NO2S. The fourth-order valence-corrected chi connectivity index (χ4v) is 2.43. The van der Waals surface area contributed by atoms with Crippen LogP contribution >= 0.6 is 0 Å². The van der Waals surface area contributed by atoms with E-state index in [0.29, 0.717) is 6.54 Å². The maximum atomic E-state index is 11.4. The van der Waals surface area contributed by atoms with Crippen LogP contribution in [0.2, 0.25) is 0 Å². The SMILES string of the molecule is CCC(NCCS(=O)(=O)CC)c1ccccc1. The van der Waals surface area contributed by atoms with Gasteiger partial charge in [0.2, 0.25) is 0 Å². The third-order valence-corrected chi connectivity index (χ3v) is 4.56. The molecule has 1 aromatic carbocycles. The average molecular weight is 255 g/mol. The van der Waals surface area contributed by atoms with Crippen molar-refractivity contribution < 1.29 is 8.42 Å². The molecule has 0 spiro atoms. The smallest absolute Gasteiger partial charge is 0.151 e. The van der Waals surface area contributed by atoms with E-state index in [-0.39, 0.29) is 17.5 Å². The van der Waals surface area contributed by atoms with Crippen molar-refractivity contribution in [3.05, 3.63) is 35.9 Å². The zero-order valence-corrected chi connectivity index (χ0v) is 11.3. The highest BCUT2D eigenvalue weighted by Crippen LogP contribution is 2.15. The van der Waals surface area contributed by atoms with Gasteiger partial charge in [0.25, 0.3) is 0 Å². The van der Waals surface area contributed by atoms with Gasteiger partial charge in [-0.3, -0.25) is 0 Å². The first kappa shape index (κ1) is 14.2. The summed E-state index contributed by atoms with van der Waals surface area (Å²) in [6, 6.07) is 10.4. The first-order valence-electron chi connectivity index (χ1n) is 6.07. The molecule has 0 saturated heterocycles. The van der Waals surface area contributed by atoms with E-state index < -0.39 is 9.84 Å². The quantitative estimate of drug-likeness (QED) is 0.812. The van der Waals surface area contributed by atoms with Gasteiger partial charge < -0.3 is 5.32 Å². The minimum absolute atomic E-state index is 0.215. The minimum atomic E-state index is -2.87. The fourth-order valence-electron chi connectivity index (χ4n) is 1.72. The van der Waals surface area contributed by atoms with E-state index in [1.54, 1.807) is 6.92 Å². The fraction of sp³-hybridized carbons (Fsp3) is 0.538. The van der Waals surface area contributed by atoms with Gasteiger partial charge in [0, 0.05) is 18.3 Å². The van der Waals surface area contributed by atoms with Gasteiger partial charge in [-0.05, 0) is 12.0 Å². The summed E-state index contributed by atoms with van der Waals surface area (Å²) in [6.07, 6.45) is 0.955. The highest BCUT2D eigenvalue weighted by Gasteiger charge is 2.11. The zero-order valence-electron chi connectivity index (χ0n) is 10.5. The molecule has 1 rings (SSSR count). The predicted octanol–water partition coefficient (Wildman–Crippen LogP) is 2.16. The third-order valence-electron chi connectivity index (χ3n) is 2.85. The topological polar surface area (TPSA) is 46.2 Å². The molecule has 0 radical (unpaired) electrons. The summed E-state index contributed by atoms with van der Waals surface area (Å²) in [5.41, 5.74) is 1.21. The Labute approximate surface area is 104 Å². The summed E-state index contributed by atoms with van der Waals surface area (Å²) in [5.74, 6) is 0.434. The zero-order chi connectivity index (χ0) is 12.7. The van der Waals surface area contributed by atoms with E-state index in [1.165, 1.54) is 5.56 Å². The van der Waals surface area contributed by atoms with Crippen molar-refractivity contribution in [1.29, 1.82) is 0 Å². The van der Waals surface area contributed by atoms with Crippen LogP contribution in [0.4, 0.5) is 0 Å². The second kappa shape index (κ2) is 6.77. The molecule has 0 aliphatic heterocycles. The van der Waals surface area contributed by atoms with E-state index in [4.69, 9.17) is 0 Å². The predicted molar refractivity (Wildman–Crippen MR) is 71.8 cm³/mol. The molecule has 3 nitrogen and oxygen atoms in total. The molecule has 1 atom stereocenters. The molecule has 1 aromatic rings. The van der Waals surface area contributed by atoms with Crippen LogP contribution in [0.1, 0.15) is 31.9 Å². The highest BCUT2D eigenvalue weighted by atomic mass is 32.2. The van der Waals surface area contributed by atoms with Crippen LogP contribution in [-0.4, -0.2) is 26.5 Å². The summed E-state index contributed by atoms with van der Waals surface area (Å²) in [4.78, 5) is 0. The number of benzene rings is 1. The van der Waals surface area contributed by atoms with Crippen molar-refractivity contribution in [2.45, 2.75) is 26.3 Å². The molecule has 0 aliphatic carbocycles. The van der Waals surface area contributed by atoms with E-state index in [1.807, 2.05) is 18.2 Å². The molecule has 0 aromatic heterocycles. The van der Waals surface area contributed by atoms with Crippen LogP contribution in [0.3, 0.4) is 0 Å².